The molecule has 1 aliphatic heterocycles. The molecule has 7 nitrogen and oxygen atoms in total. The van der Waals surface area contributed by atoms with Crippen LogP contribution in [0.3, 0.4) is 0 Å². The third-order valence-corrected chi connectivity index (χ3v) is 5.71. The molecular weight excluding hydrogens is 472 g/mol. The van der Waals surface area contributed by atoms with Crippen LogP contribution < -0.4 is 24.4 Å². The van der Waals surface area contributed by atoms with Gasteiger partial charge in [0.2, 0.25) is 11.2 Å². The minimum Gasteiger partial charge on any atom is -0.490 e. The smallest absolute Gasteiger partial charge is 0.235 e. The van der Waals surface area contributed by atoms with Gasteiger partial charge in [-0.05, 0) is 50.2 Å². The van der Waals surface area contributed by atoms with Gasteiger partial charge in [0.25, 0.3) is 0 Å². The molecule has 0 N–H and O–H groups in total. The highest BCUT2D eigenvalue weighted by Crippen LogP contribution is 2.34. The fraction of sp³-hybridized carbons (Fsp3) is 0.222. The van der Waals surface area contributed by atoms with E-state index in [1.54, 1.807) is 43.3 Å². The van der Waals surface area contributed by atoms with Crippen molar-refractivity contribution in [3.8, 4) is 28.7 Å². The second-order valence-electron chi connectivity index (χ2n) is 7.91. The third-order valence-electron chi connectivity index (χ3n) is 5.49. The van der Waals surface area contributed by atoms with Crippen molar-refractivity contribution in [3.63, 3.8) is 0 Å². The van der Waals surface area contributed by atoms with Crippen LogP contribution in [0.2, 0.25) is 5.02 Å². The van der Waals surface area contributed by atoms with Crippen LogP contribution >= 0.6 is 11.6 Å². The summed E-state index contributed by atoms with van der Waals surface area (Å²) in [6, 6.07) is 15.9. The second-order valence-corrected chi connectivity index (χ2v) is 8.35. The summed E-state index contributed by atoms with van der Waals surface area (Å²) in [4.78, 5) is 13.2. The van der Waals surface area contributed by atoms with Gasteiger partial charge in [0, 0.05) is 22.2 Å². The summed E-state index contributed by atoms with van der Waals surface area (Å²) in [5.41, 5.74) is 1.80. The Morgan fingerprint density at radius 1 is 1.03 bits per heavy atom. The van der Waals surface area contributed by atoms with Gasteiger partial charge >= 0.3 is 0 Å². The predicted molar refractivity (Wildman–Crippen MR) is 131 cm³/mol. The number of benzene rings is 3. The largest absolute Gasteiger partial charge is 0.490 e. The molecule has 0 saturated heterocycles. The lowest BCUT2D eigenvalue weighted by Crippen LogP contribution is -2.14. The SMILES string of the molecule is CCOc1ccccc1Oc1c(C)oc2cc(OCc3cc(Cl)cc4c3OCOC4)ccc2c1=O. The van der Waals surface area contributed by atoms with Gasteiger partial charge in [-0.25, -0.2) is 0 Å². The van der Waals surface area contributed by atoms with Crippen molar-refractivity contribution in [1.82, 2.24) is 0 Å². The molecule has 8 heteroatoms. The minimum absolute atomic E-state index is 0.114. The van der Waals surface area contributed by atoms with Gasteiger partial charge < -0.3 is 28.1 Å². The molecule has 2 heterocycles. The topological polar surface area (TPSA) is 76.4 Å². The third kappa shape index (κ3) is 4.78. The van der Waals surface area contributed by atoms with E-state index in [1.807, 2.05) is 25.1 Å². The van der Waals surface area contributed by atoms with E-state index in [2.05, 4.69) is 0 Å². The van der Waals surface area contributed by atoms with Gasteiger partial charge in [-0.1, -0.05) is 23.7 Å². The molecule has 0 atom stereocenters. The number of hydrogen-bond acceptors (Lipinski definition) is 7. The first-order valence-electron chi connectivity index (χ1n) is 11.1. The fourth-order valence-corrected chi connectivity index (χ4v) is 4.18. The van der Waals surface area contributed by atoms with E-state index < -0.39 is 0 Å². The van der Waals surface area contributed by atoms with E-state index in [1.165, 1.54) is 0 Å². The Labute approximate surface area is 206 Å². The molecule has 0 unspecified atom stereocenters. The van der Waals surface area contributed by atoms with E-state index in [9.17, 15) is 4.79 Å². The summed E-state index contributed by atoms with van der Waals surface area (Å²) in [5, 5.41) is 0.961. The van der Waals surface area contributed by atoms with Crippen molar-refractivity contribution in [3.05, 3.63) is 86.7 Å². The Kier molecular flexibility index (Phi) is 6.53. The van der Waals surface area contributed by atoms with E-state index in [0.717, 1.165) is 16.9 Å². The van der Waals surface area contributed by atoms with Crippen LogP contribution in [0.1, 0.15) is 23.8 Å². The molecule has 5 rings (SSSR count). The van der Waals surface area contributed by atoms with Gasteiger partial charge in [0.05, 0.1) is 18.6 Å². The zero-order chi connectivity index (χ0) is 24.4. The average Bonchev–Trinajstić information content (AvgIpc) is 2.86. The second kappa shape index (κ2) is 9.90. The van der Waals surface area contributed by atoms with Crippen LogP contribution in [0.15, 0.2) is 63.8 Å². The number of aryl methyl sites for hydroxylation is 1. The summed E-state index contributed by atoms with van der Waals surface area (Å²) < 4.78 is 34.4. The number of fused-ring (bicyclic) bond motifs is 2. The van der Waals surface area contributed by atoms with Crippen molar-refractivity contribution >= 4 is 22.6 Å². The molecule has 0 spiro atoms. The summed E-state index contributed by atoms with van der Waals surface area (Å²) in [5.74, 6) is 2.72. The maximum atomic E-state index is 13.2. The molecule has 0 saturated carbocycles. The van der Waals surface area contributed by atoms with Gasteiger partial charge in [0.15, 0.2) is 18.3 Å². The maximum Gasteiger partial charge on any atom is 0.235 e. The molecule has 0 radical (unpaired) electrons. The van der Waals surface area contributed by atoms with Gasteiger partial charge in [-0.15, -0.1) is 0 Å². The van der Waals surface area contributed by atoms with Gasteiger partial charge in [0.1, 0.15) is 29.4 Å². The van der Waals surface area contributed by atoms with E-state index in [4.69, 9.17) is 39.7 Å². The number of halogens is 1. The normalized spacial score (nSPS) is 12.7. The number of ether oxygens (including phenoxy) is 5. The van der Waals surface area contributed by atoms with Crippen molar-refractivity contribution in [2.75, 3.05) is 13.4 Å². The number of rotatable bonds is 7. The molecule has 180 valence electrons. The lowest BCUT2D eigenvalue weighted by Gasteiger charge is -2.21. The summed E-state index contributed by atoms with van der Waals surface area (Å²) in [7, 11) is 0. The minimum atomic E-state index is -0.279. The standard InChI is InChI=1S/C27H23ClO7/c1-3-31-22-6-4-5-7-23(22)35-26-16(2)34-24-12-20(8-9-21(24)25(26)29)32-14-18-11-19(28)10-17-13-30-15-33-27(17)18/h4-12H,3,13-15H2,1-2H3. The first-order chi connectivity index (χ1) is 17.0. The van der Waals surface area contributed by atoms with E-state index in [0.29, 0.717) is 52.2 Å². The van der Waals surface area contributed by atoms with Crippen LogP contribution in [0, 0.1) is 6.92 Å². The molecule has 1 aliphatic rings. The zero-order valence-electron chi connectivity index (χ0n) is 19.3. The molecule has 0 fully saturated rings. The van der Waals surface area contributed by atoms with Crippen LogP contribution in [-0.2, 0) is 18.0 Å². The Morgan fingerprint density at radius 3 is 2.69 bits per heavy atom. The molecule has 0 aliphatic carbocycles. The highest BCUT2D eigenvalue weighted by atomic mass is 35.5. The zero-order valence-corrected chi connectivity index (χ0v) is 20.0. The van der Waals surface area contributed by atoms with Crippen molar-refractivity contribution in [2.24, 2.45) is 0 Å². The molecular formula is C27H23ClO7. The Bertz CT molecular complexity index is 1440. The highest BCUT2D eigenvalue weighted by Gasteiger charge is 2.19. The lowest BCUT2D eigenvalue weighted by molar-refractivity contribution is -0.0175. The first-order valence-corrected chi connectivity index (χ1v) is 11.5. The Balaban J connectivity index is 1.41. The van der Waals surface area contributed by atoms with Crippen molar-refractivity contribution < 1.29 is 28.1 Å². The first kappa shape index (κ1) is 23.1. The summed E-state index contributed by atoms with van der Waals surface area (Å²) in [6.07, 6.45) is 0. The Morgan fingerprint density at radius 2 is 1.86 bits per heavy atom. The molecule has 0 bridgehead atoms. The van der Waals surface area contributed by atoms with Crippen LogP contribution in [-0.4, -0.2) is 13.4 Å². The molecule has 1 aromatic heterocycles. The summed E-state index contributed by atoms with van der Waals surface area (Å²) >= 11 is 6.24. The average molecular weight is 495 g/mol. The van der Waals surface area contributed by atoms with Gasteiger partial charge in [-0.2, -0.15) is 0 Å². The highest BCUT2D eigenvalue weighted by molar-refractivity contribution is 6.30. The quantitative estimate of drug-likeness (QED) is 0.294. The fourth-order valence-electron chi connectivity index (χ4n) is 3.92. The number of para-hydroxylation sites is 2. The lowest BCUT2D eigenvalue weighted by atomic mass is 10.1. The van der Waals surface area contributed by atoms with Crippen molar-refractivity contribution in [1.29, 1.82) is 0 Å². The molecule has 0 amide bonds. The van der Waals surface area contributed by atoms with Crippen LogP contribution in [0.25, 0.3) is 11.0 Å². The predicted octanol–water partition coefficient (Wildman–Crippen LogP) is 6.39. The Hall–Kier alpha value is -3.68. The number of hydrogen-bond donors (Lipinski definition) is 0. The molecule has 4 aromatic rings. The summed E-state index contributed by atoms with van der Waals surface area (Å²) in [6.45, 7) is 4.89. The van der Waals surface area contributed by atoms with Gasteiger partial charge in [-0.3, -0.25) is 4.79 Å². The van der Waals surface area contributed by atoms with Crippen LogP contribution in [0.5, 0.6) is 28.7 Å². The monoisotopic (exact) mass is 494 g/mol. The maximum absolute atomic E-state index is 13.2. The van der Waals surface area contributed by atoms with Crippen LogP contribution in [0.4, 0.5) is 0 Å². The van der Waals surface area contributed by atoms with Crippen molar-refractivity contribution in [2.45, 2.75) is 27.1 Å². The van der Waals surface area contributed by atoms with E-state index >= 15 is 0 Å². The van der Waals surface area contributed by atoms with E-state index in [-0.39, 0.29) is 24.6 Å². The molecule has 3 aromatic carbocycles. The molecule has 35 heavy (non-hydrogen) atoms.